The van der Waals surface area contributed by atoms with Crippen molar-refractivity contribution >= 4 is 17.4 Å². The zero-order valence-electron chi connectivity index (χ0n) is 10.4. The van der Waals surface area contributed by atoms with Crippen molar-refractivity contribution in [3.63, 3.8) is 0 Å². The molecule has 0 N–H and O–H groups in total. The SMILES string of the molecule is CC(C)CC(=O)c1cc(C(C)C)ccc1Cl. The smallest absolute Gasteiger partial charge is 0.164 e. The molecule has 0 radical (unpaired) electrons. The molecule has 0 fully saturated rings. The van der Waals surface area contributed by atoms with E-state index < -0.39 is 0 Å². The summed E-state index contributed by atoms with van der Waals surface area (Å²) in [7, 11) is 0. The van der Waals surface area contributed by atoms with Crippen molar-refractivity contribution in [2.45, 2.75) is 40.0 Å². The summed E-state index contributed by atoms with van der Waals surface area (Å²) in [5.41, 5.74) is 1.83. The van der Waals surface area contributed by atoms with E-state index in [2.05, 4.69) is 13.8 Å². The molecule has 1 aromatic carbocycles. The van der Waals surface area contributed by atoms with Crippen LogP contribution in [0.2, 0.25) is 5.02 Å². The summed E-state index contributed by atoms with van der Waals surface area (Å²) >= 11 is 6.06. The Kier molecular flexibility index (Phi) is 4.55. The number of hydrogen-bond donors (Lipinski definition) is 0. The molecule has 0 aromatic heterocycles. The van der Waals surface area contributed by atoms with Gasteiger partial charge >= 0.3 is 0 Å². The Morgan fingerprint density at radius 1 is 1.25 bits per heavy atom. The number of hydrogen-bond acceptors (Lipinski definition) is 1. The van der Waals surface area contributed by atoms with E-state index in [1.165, 1.54) is 0 Å². The maximum atomic E-state index is 12.0. The molecule has 0 aliphatic carbocycles. The summed E-state index contributed by atoms with van der Waals surface area (Å²) in [6, 6.07) is 5.74. The van der Waals surface area contributed by atoms with E-state index in [4.69, 9.17) is 11.6 Å². The highest BCUT2D eigenvalue weighted by atomic mass is 35.5. The van der Waals surface area contributed by atoms with Crippen molar-refractivity contribution in [1.29, 1.82) is 0 Å². The van der Waals surface area contributed by atoms with Crippen LogP contribution >= 0.6 is 11.6 Å². The Balaban J connectivity index is 3.02. The third kappa shape index (κ3) is 3.34. The molecule has 0 unspecified atom stereocenters. The maximum absolute atomic E-state index is 12.0. The van der Waals surface area contributed by atoms with Crippen LogP contribution in [0.4, 0.5) is 0 Å². The van der Waals surface area contributed by atoms with Gasteiger partial charge in [0.1, 0.15) is 0 Å². The molecule has 0 aliphatic heterocycles. The lowest BCUT2D eigenvalue weighted by Crippen LogP contribution is -2.05. The summed E-state index contributed by atoms with van der Waals surface area (Å²) in [5.74, 6) is 0.927. The third-order valence-corrected chi connectivity index (χ3v) is 2.88. The van der Waals surface area contributed by atoms with Crippen molar-refractivity contribution < 1.29 is 4.79 Å². The molecule has 0 bridgehead atoms. The molecule has 0 saturated heterocycles. The van der Waals surface area contributed by atoms with Gasteiger partial charge in [-0.05, 0) is 29.5 Å². The first-order valence-electron chi connectivity index (χ1n) is 5.74. The first kappa shape index (κ1) is 13.2. The van der Waals surface area contributed by atoms with Gasteiger partial charge in [0.2, 0.25) is 0 Å². The minimum atomic E-state index is 0.141. The van der Waals surface area contributed by atoms with Crippen LogP contribution in [0.5, 0.6) is 0 Å². The molecule has 0 heterocycles. The summed E-state index contributed by atoms with van der Waals surface area (Å²) < 4.78 is 0. The van der Waals surface area contributed by atoms with Crippen LogP contribution < -0.4 is 0 Å². The van der Waals surface area contributed by atoms with Crippen molar-refractivity contribution in [1.82, 2.24) is 0 Å². The van der Waals surface area contributed by atoms with E-state index in [-0.39, 0.29) is 5.78 Å². The monoisotopic (exact) mass is 238 g/mol. The lowest BCUT2D eigenvalue weighted by molar-refractivity contribution is 0.0968. The quantitative estimate of drug-likeness (QED) is 0.696. The van der Waals surface area contributed by atoms with Crippen LogP contribution in [-0.2, 0) is 0 Å². The number of halogens is 1. The maximum Gasteiger partial charge on any atom is 0.164 e. The van der Waals surface area contributed by atoms with Crippen LogP contribution in [0, 0.1) is 5.92 Å². The summed E-state index contributed by atoms with van der Waals surface area (Å²) in [6.07, 6.45) is 0.557. The van der Waals surface area contributed by atoms with Crippen molar-refractivity contribution in [3.05, 3.63) is 34.3 Å². The van der Waals surface area contributed by atoms with Gasteiger partial charge in [-0.3, -0.25) is 4.79 Å². The molecule has 1 nitrogen and oxygen atoms in total. The molecule has 0 spiro atoms. The van der Waals surface area contributed by atoms with E-state index in [9.17, 15) is 4.79 Å². The zero-order chi connectivity index (χ0) is 12.3. The molecule has 88 valence electrons. The van der Waals surface area contributed by atoms with Crippen molar-refractivity contribution in [2.75, 3.05) is 0 Å². The average molecular weight is 239 g/mol. The average Bonchev–Trinajstić information content (AvgIpc) is 2.16. The topological polar surface area (TPSA) is 17.1 Å². The second-order valence-electron chi connectivity index (χ2n) is 4.92. The molecule has 0 saturated carbocycles. The highest BCUT2D eigenvalue weighted by Gasteiger charge is 2.13. The standard InChI is InChI=1S/C14H19ClO/c1-9(2)7-14(16)12-8-11(10(3)4)5-6-13(12)15/h5-6,8-10H,7H2,1-4H3. The highest BCUT2D eigenvalue weighted by molar-refractivity contribution is 6.34. The Bertz CT molecular complexity index is 380. The third-order valence-electron chi connectivity index (χ3n) is 2.55. The fourth-order valence-corrected chi connectivity index (χ4v) is 1.82. The summed E-state index contributed by atoms with van der Waals surface area (Å²) in [6.45, 7) is 8.30. The van der Waals surface area contributed by atoms with Gasteiger partial charge in [-0.2, -0.15) is 0 Å². The van der Waals surface area contributed by atoms with Gasteiger partial charge in [-0.25, -0.2) is 0 Å². The normalized spacial score (nSPS) is 11.2. The van der Waals surface area contributed by atoms with E-state index in [0.29, 0.717) is 28.8 Å². The Labute approximate surface area is 103 Å². The molecule has 1 rings (SSSR count). The van der Waals surface area contributed by atoms with E-state index in [1.807, 2.05) is 32.0 Å². The molecular weight excluding hydrogens is 220 g/mol. The van der Waals surface area contributed by atoms with E-state index in [1.54, 1.807) is 0 Å². The van der Waals surface area contributed by atoms with Gasteiger partial charge in [0.25, 0.3) is 0 Å². The molecule has 0 atom stereocenters. The van der Waals surface area contributed by atoms with E-state index >= 15 is 0 Å². The van der Waals surface area contributed by atoms with Gasteiger partial charge in [0.15, 0.2) is 5.78 Å². The highest BCUT2D eigenvalue weighted by Crippen LogP contribution is 2.24. The lowest BCUT2D eigenvalue weighted by atomic mass is 9.96. The van der Waals surface area contributed by atoms with Crippen LogP contribution in [0.15, 0.2) is 18.2 Å². The van der Waals surface area contributed by atoms with Crippen LogP contribution in [0.3, 0.4) is 0 Å². The number of rotatable bonds is 4. The number of ketones is 1. The predicted octanol–water partition coefficient (Wildman–Crippen LogP) is 4.69. The number of Topliss-reactive ketones (excluding diaryl/α,β-unsaturated/α-hetero) is 1. The number of benzene rings is 1. The number of carbonyl (C=O) groups excluding carboxylic acids is 1. The predicted molar refractivity (Wildman–Crippen MR) is 69.3 cm³/mol. The molecule has 16 heavy (non-hydrogen) atoms. The Morgan fingerprint density at radius 2 is 1.88 bits per heavy atom. The summed E-state index contributed by atoms with van der Waals surface area (Å²) in [4.78, 5) is 12.0. The second-order valence-corrected chi connectivity index (χ2v) is 5.32. The van der Waals surface area contributed by atoms with Crippen molar-refractivity contribution in [3.8, 4) is 0 Å². The first-order chi connectivity index (χ1) is 7.41. The minimum Gasteiger partial charge on any atom is -0.294 e. The first-order valence-corrected chi connectivity index (χ1v) is 6.12. The fraction of sp³-hybridized carbons (Fsp3) is 0.500. The molecule has 1 aromatic rings. The van der Waals surface area contributed by atoms with Gasteiger partial charge < -0.3 is 0 Å². The Morgan fingerprint density at radius 3 is 2.38 bits per heavy atom. The number of carbonyl (C=O) groups is 1. The van der Waals surface area contributed by atoms with Gasteiger partial charge in [-0.15, -0.1) is 0 Å². The molecule has 0 amide bonds. The van der Waals surface area contributed by atoms with Gasteiger partial charge in [-0.1, -0.05) is 45.4 Å². The molecular formula is C14H19ClO. The fourth-order valence-electron chi connectivity index (χ4n) is 1.60. The molecule has 0 aliphatic rings. The van der Waals surface area contributed by atoms with Gasteiger partial charge in [0.05, 0.1) is 5.02 Å². The van der Waals surface area contributed by atoms with E-state index in [0.717, 1.165) is 5.56 Å². The largest absolute Gasteiger partial charge is 0.294 e. The molecule has 2 heteroatoms. The van der Waals surface area contributed by atoms with Gasteiger partial charge in [0, 0.05) is 12.0 Å². The van der Waals surface area contributed by atoms with Crippen LogP contribution in [0.25, 0.3) is 0 Å². The van der Waals surface area contributed by atoms with Crippen LogP contribution in [-0.4, -0.2) is 5.78 Å². The second kappa shape index (κ2) is 5.49. The minimum absolute atomic E-state index is 0.141. The lowest BCUT2D eigenvalue weighted by Gasteiger charge is -2.10. The zero-order valence-corrected chi connectivity index (χ0v) is 11.1. The summed E-state index contributed by atoms with van der Waals surface area (Å²) in [5, 5.41) is 0.565. The van der Waals surface area contributed by atoms with Crippen LogP contribution in [0.1, 0.15) is 56.0 Å². The Hall–Kier alpha value is -0.820. The van der Waals surface area contributed by atoms with Crippen molar-refractivity contribution in [2.24, 2.45) is 5.92 Å².